The summed E-state index contributed by atoms with van der Waals surface area (Å²) in [5.41, 5.74) is 2.23. The molecule has 1 aliphatic heterocycles. The molecule has 1 aromatic carbocycles. The van der Waals surface area contributed by atoms with Crippen LogP contribution in [0.1, 0.15) is 29.9 Å². The summed E-state index contributed by atoms with van der Waals surface area (Å²) in [6.07, 6.45) is 2.17. The molecule has 1 aromatic rings. The van der Waals surface area contributed by atoms with E-state index in [0.717, 1.165) is 37.1 Å². The van der Waals surface area contributed by atoms with E-state index >= 15 is 0 Å². The molecule has 0 unspecified atom stereocenters. The fourth-order valence-electron chi connectivity index (χ4n) is 2.23. The van der Waals surface area contributed by atoms with Gasteiger partial charge in [-0.25, -0.2) is 4.39 Å². The van der Waals surface area contributed by atoms with E-state index in [9.17, 15) is 4.39 Å². The standard InChI is InChI=1S/C12H15ClFN/c1-8-6-11(13)12(14)7-10(8)9-2-4-15-5-3-9/h6-7,9,15H,2-5H2,1H3. The Hall–Kier alpha value is -0.600. The Balaban J connectivity index is 2.30. The lowest BCUT2D eigenvalue weighted by molar-refractivity contribution is 0.457. The molecule has 1 nitrogen and oxygen atoms in total. The van der Waals surface area contributed by atoms with E-state index in [4.69, 9.17) is 11.6 Å². The second-order valence-corrected chi connectivity index (χ2v) is 4.55. The van der Waals surface area contributed by atoms with Gasteiger partial charge < -0.3 is 5.32 Å². The highest BCUT2D eigenvalue weighted by Crippen LogP contribution is 2.30. The van der Waals surface area contributed by atoms with Crippen LogP contribution in [-0.2, 0) is 0 Å². The first-order valence-electron chi connectivity index (χ1n) is 5.34. The van der Waals surface area contributed by atoms with Gasteiger partial charge in [-0.15, -0.1) is 0 Å². The molecule has 0 aromatic heterocycles. The van der Waals surface area contributed by atoms with Crippen LogP contribution in [0.25, 0.3) is 0 Å². The van der Waals surface area contributed by atoms with Crippen LogP contribution in [0.3, 0.4) is 0 Å². The average Bonchev–Trinajstić information content (AvgIpc) is 2.25. The third-order valence-corrected chi connectivity index (χ3v) is 3.38. The summed E-state index contributed by atoms with van der Waals surface area (Å²) in [5, 5.41) is 3.54. The first-order chi connectivity index (χ1) is 7.18. The quantitative estimate of drug-likeness (QED) is 0.777. The van der Waals surface area contributed by atoms with Crippen LogP contribution < -0.4 is 5.32 Å². The number of rotatable bonds is 1. The second kappa shape index (κ2) is 4.50. The number of halogens is 2. The van der Waals surface area contributed by atoms with Crippen LogP contribution in [0.2, 0.25) is 5.02 Å². The third kappa shape index (κ3) is 2.32. The molecule has 2 rings (SSSR count). The zero-order valence-corrected chi connectivity index (χ0v) is 9.57. The van der Waals surface area contributed by atoms with E-state index in [-0.39, 0.29) is 10.8 Å². The van der Waals surface area contributed by atoms with Crippen molar-refractivity contribution in [2.75, 3.05) is 13.1 Å². The first-order valence-corrected chi connectivity index (χ1v) is 5.72. The van der Waals surface area contributed by atoms with Gasteiger partial charge in [0, 0.05) is 0 Å². The van der Waals surface area contributed by atoms with Crippen molar-refractivity contribution in [3.8, 4) is 0 Å². The molecular formula is C12H15ClFN. The lowest BCUT2D eigenvalue weighted by atomic mass is 9.87. The van der Waals surface area contributed by atoms with Gasteiger partial charge in [0.05, 0.1) is 5.02 Å². The van der Waals surface area contributed by atoms with Crippen LogP contribution in [0.15, 0.2) is 12.1 Å². The highest BCUT2D eigenvalue weighted by atomic mass is 35.5. The van der Waals surface area contributed by atoms with Crippen LogP contribution in [0.5, 0.6) is 0 Å². The predicted octanol–water partition coefficient (Wildman–Crippen LogP) is 3.25. The van der Waals surface area contributed by atoms with E-state index in [1.165, 1.54) is 0 Å². The van der Waals surface area contributed by atoms with Gasteiger partial charge in [0.2, 0.25) is 0 Å². The maximum atomic E-state index is 13.4. The number of hydrogen-bond donors (Lipinski definition) is 1. The van der Waals surface area contributed by atoms with Gasteiger partial charge in [-0.2, -0.15) is 0 Å². The Kier molecular flexibility index (Phi) is 3.27. The first kappa shape index (κ1) is 10.9. The lowest BCUT2D eigenvalue weighted by Crippen LogP contribution is -2.27. The zero-order valence-electron chi connectivity index (χ0n) is 8.82. The Morgan fingerprint density at radius 3 is 2.67 bits per heavy atom. The fourth-order valence-corrected chi connectivity index (χ4v) is 2.45. The summed E-state index contributed by atoms with van der Waals surface area (Å²) in [4.78, 5) is 0. The number of hydrogen-bond acceptors (Lipinski definition) is 1. The molecule has 82 valence electrons. The van der Waals surface area contributed by atoms with Crippen LogP contribution in [0, 0.1) is 12.7 Å². The molecule has 0 saturated carbocycles. The highest BCUT2D eigenvalue weighted by molar-refractivity contribution is 6.30. The number of aryl methyl sites for hydroxylation is 1. The molecule has 1 heterocycles. The largest absolute Gasteiger partial charge is 0.317 e. The van der Waals surface area contributed by atoms with Crippen molar-refractivity contribution in [1.82, 2.24) is 5.32 Å². The van der Waals surface area contributed by atoms with Gasteiger partial charge in [-0.1, -0.05) is 11.6 Å². The summed E-state index contributed by atoms with van der Waals surface area (Å²) in [7, 11) is 0. The molecule has 0 spiro atoms. The van der Waals surface area contributed by atoms with Crippen molar-refractivity contribution in [3.63, 3.8) is 0 Å². The normalized spacial score (nSPS) is 18.1. The van der Waals surface area contributed by atoms with Crippen LogP contribution in [-0.4, -0.2) is 13.1 Å². The van der Waals surface area contributed by atoms with Crippen molar-refractivity contribution >= 4 is 11.6 Å². The van der Waals surface area contributed by atoms with Gasteiger partial charge >= 0.3 is 0 Å². The Morgan fingerprint density at radius 2 is 2.00 bits per heavy atom. The molecule has 1 aliphatic rings. The summed E-state index contributed by atoms with van der Waals surface area (Å²) < 4.78 is 13.4. The fraction of sp³-hybridized carbons (Fsp3) is 0.500. The van der Waals surface area contributed by atoms with Gasteiger partial charge in [0.25, 0.3) is 0 Å². The third-order valence-electron chi connectivity index (χ3n) is 3.09. The molecule has 3 heteroatoms. The summed E-state index contributed by atoms with van der Waals surface area (Å²) in [5.74, 6) is 0.189. The molecule has 0 bridgehead atoms. The maximum absolute atomic E-state index is 13.4. The summed E-state index contributed by atoms with van der Waals surface area (Å²) in [6, 6.07) is 3.34. The average molecular weight is 228 g/mol. The topological polar surface area (TPSA) is 12.0 Å². The van der Waals surface area contributed by atoms with Gasteiger partial charge in [0.15, 0.2) is 0 Å². The van der Waals surface area contributed by atoms with Crippen molar-refractivity contribution in [3.05, 3.63) is 34.1 Å². The minimum absolute atomic E-state index is 0.227. The molecule has 0 radical (unpaired) electrons. The second-order valence-electron chi connectivity index (χ2n) is 4.15. The molecule has 0 atom stereocenters. The van der Waals surface area contributed by atoms with Crippen LogP contribution >= 0.6 is 11.6 Å². The molecule has 1 N–H and O–H groups in total. The number of benzene rings is 1. The Morgan fingerprint density at radius 1 is 1.33 bits per heavy atom. The minimum atomic E-state index is -0.296. The van der Waals surface area contributed by atoms with Gasteiger partial charge in [-0.3, -0.25) is 0 Å². The smallest absolute Gasteiger partial charge is 0.142 e. The molecule has 0 amide bonds. The van der Waals surface area contributed by atoms with E-state index in [1.54, 1.807) is 12.1 Å². The number of piperidine rings is 1. The molecule has 15 heavy (non-hydrogen) atoms. The zero-order chi connectivity index (χ0) is 10.8. The molecule has 0 aliphatic carbocycles. The minimum Gasteiger partial charge on any atom is -0.317 e. The van der Waals surface area contributed by atoms with Crippen molar-refractivity contribution in [2.24, 2.45) is 0 Å². The Labute approximate surface area is 94.6 Å². The van der Waals surface area contributed by atoms with E-state index in [1.807, 2.05) is 6.92 Å². The number of nitrogens with one attached hydrogen (secondary N) is 1. The summed E-state index contributed by atoms with van der Waals surface area (Å²) in [6.45, 7) is 4.05. The van der Waals surface area contributed by atoms with Crippen molar-refractivity contribution in [1.29, 1.82) is 0 Å². The molecular weight excluding hydrogens is 213 g/mol. The van der Waals surface area contributed by atoms with E-state index in [0.29, 0.717) is 5.92 Å². The monoisotopic (exact) mass is 227 g/mol. The molecule has 1 fully saturated rings. The molecule has 1 saturated heterocycles. The predicted molar refractivity (Wildman–Crippen MR) is 61.0 cm³/mol. The summed E-state index contributed by atoms with van der Waals surface area (Å²) >= 11 is 5.74. The van der Waals surface area contributed by atoms with Gasteiger partial charge in [0.1, 0.15) is 5.82 Å². The lowest BCUT2D eigenvalue weighted by Gasteiger charge is -2.24. The van der Waals surface area contributed by atoms with Crippen LogP contribution in [0.4, 0.5) is 4.39 Å². The van der Waals surface area contributed by atoms with E-state index in [2.05, 4.69) is 5.32 Å². The van der Waals surface area contributed by atoms with E-state index < -0.39 is 0 Å². The van der Waals surface area contributed by atoms with Crippen molar-refractivity contribution in [2.45, 2.75) is 25.7 Å². The highest BCUT2D eigenvalue weighted by Gasteiger charge is 2.18. The Bertz CT molecular complexity index is 359. The van der Waals surface area contributed by atoms with Gasteiger partial charge in [-0.05, 0) is 62.0 Å². The maximum Gasteiger partial charge on any atom is 0.142 e. The SMILES string of the molecule is Cc1cc(Cl)c(F)cc1C1CCNCC1. The van der Waals surface area contributed by atoms with Crippen molar-refractivity contribution < 1.29 is 4.39 Å².